The predicted octanol–water partition coefficient (Wildman–Crippen LogP) is 4.65. The molecule has 0 fully saturated rings. The van der Waals surface area contributed by atoms with E-state index < -0.39 is 17.7 Å². The number of hydrogen-bond donors (Lipinski definition) is 1. The maximum Gasteiger partial charge on any atom is 0.128 e. The molecule has 0 spiro atoms. The van der Waals surface area contributed by atoms with Crippen LogP contribution in [0.1, 0.15) is 28.3 Å². The first kappa shape index (κ1) is 15.1. The Bertz CT molecular complexity index is 641. The second-order valence-electron chi connectivity index (χ2n) is 4.87. The summed E-state index contributed by atoms with van der Waals surface area (Å²) < 4.78 is 28.8. The summed E-state index contributed by atoms with van der Waals surface area (Å²) in [5.74, 6) is -0.804. The lowest BCUT2D eigenvalue weighted by atomic mass is 9.96. The Morgan fingerprint density at radius 2 is 1.70 bits per heavy atom. The summed E-state index contributed by atoms with van der Waals surface area (Å²) in [5, 5.41) is 3.05. The number of rotatable bonds is 3. The fourth-order valence-corrected chi connectivity index (χ4v) is 2.72. The molecule has 20 heavy (non-hydrogen) atoms. The quantitative estimate of drug-likeness (QED) is 0.857. The smallest absolute Gasteiger partial charge is 0.128 e. The van der Waals surface area contributed by atoms with Crippen LogP contribution in [0.15, 0.2) is 34.8 Å². The minimum absolute atomic E-state index is 0.307. The first-order valence-electron chi connectivity index (χ1n) is 6.33. The summed E-state index contributed by atoms with van der Waals surface area (Å²) in [5.41, 5.74) is 2.57. The number of hydrogen-bond acceptors (Lipinski definition) is 1. The summed E-state index contributed by atoms with van der Waals surface area (Å²) >= 11 is 3.47. The van der Waals surface area contributed by atoms with Gasteiger partial charge in [-0.2, -0.15) is 0 Å². The average Bonchev–Trinajstić information content (AvgIpc) is 2.40. The highest BCUT2D eigenvalue weighted by molar-refractivity contribution is 9.10. The van der Waals surface area contributed by atoms with Crippen molar-refractivity contribution < 1.29 is 8.78 Å². The van der Waals surface area contributed by atoms with E-state index in [1.165, 1.54) is 12.1 Å². The molecule has 0 aromatic heterocycles. The molecular formula is C16H16BrF2N. The Balaban J connectivity index is 2.58. The number of halogens is 3. The van der Waals surface area contributed by atoms with Crippen LogP contribution in [0.25, 0.3) is 0 Å². The number of nitrogens with one attached hydrogen (secondary N) is 1. The SMILES string of the molecule is CNC(c1cc(F)c(C)cc1F)c1cc(C)ccc1Br. The fourth-order valence-electron chi connectivity index (χ4n) is 2.25. The molecule has 1 atom stereocenters. The van der Waals surface area contributed by atoms with E-state index in [2.05, 4.69) is 21.2 Å². The van der Waals surface area contributed by atoms with E-state index in [0.717, 1.165) is 15.6 Å². The Hall–Kier alpha value is -1.26. The normalized spacial score (nSPS) is 12.5. The van der Waals surface area contributed by atoms with Crippen molar-refractivity contribution in [2.24, 2.45) is 0 Å². The number of benzene rings is 2. The summed E-state index contributed by atoms with van der Waals surface area (Å²) in [6, 6.07) is 7.94. The van der Waals surface area contributed by atoms with Crippen LogP contribution in [-0.2, 0) is 0 Å². The van der Waals surface area contributed by atoms with E-state index in [0.29, 0.717) is 11.1 Å². The van der Waals surface area contributed by atoms with Gasteiger partial charge >= 0.3 is 0 Å². The van der Waals surface area contributed by atoms with Crippen LogP contribution in [0.2, 0.25) is 0 Å². The molecule has 0 aliphatic rings. The molecule has 0 aliphatic carbocycles. The van der Waals surface area contributed by atoms with Crippen molar-refractivity contribution in [2.45, 2.75) is 19.9 Å². The first-order valence-corrected chi connectivity index (χ1v) is 7.12. The second-order valence-corrected chi connectivity index (χ2v) is 5.72. The van der Waals surface area contributed by atoms with Crippen molar-refractivity contribution in [1.82, 2.24) is 5.32 Å². The van der Waals surface area contributed by atoms with Gasteiger partial charge < -0.3 is 5.32 Å². The Morgan fingerprint density at radius 3 is 2.35 bits per heavy atom. The molecule has 2 rings (SSSR count). The van der Waals surface area contributed by atoms with Crippen molar-refractivity contribution >= 4 is 15.9 Å². The van der Waals surface area contributed by atoms with Crippen LogP contribution in [0, 0.1) is 25.5 Å². The Morgan fingerprint density at radius 1 is 1.00 bits per heavy atom. The highest BCUT2D eigenvalue weighted by atomic mass is 79.9. The van der Waals surface area contributed by atoms with Crippen molar-refractivity contribution in [3.8, 4) is 0 Å². The molecule has 0 amide bonds. The zero-order chi connectivity index (χ0) is 14.9. The van der Waals surface area contributed by atoms with Gasteiger partial charge in [0.15, 0.2) is 0 Å². The van der Waals surface area contributed by atoms with E-state index in [4.69, 9.17) is 0 Å². The van der Waals surface area contributed by atoms with Crippen LogP contribution in [0.3, 0.4) is 0 Å². The maximum absolute atomic E-state index is 14.2. The van der Waals surface area contributed by atoms with Crippen molar-refractivity contribution in [3.05, 3.63) is 68.7 Å². The lowest BCUT2D eigenvalue weighted by Crippen LogP contribution is -2.20. The van der Waals surface area contributed by atoms with Crippen molar-refractivity contribution in [3.63, 3.8) is 0 Å². The monoisotopic (exact) mass is 339 g/mol. The van der Waals surface area contributed by atoms with Crippen LogP contribution in [0.4, 0.5) is 8.78 Å². The largest absolute Gasteiger partial charge is 0.309 e. The van der Waals surface area contributed by atoms with Crippen LogP contribution >= 0.6 is 15.9 Å². The van der Waals surface area contributed by atoms with Gasteiger partial charge in [0, 0.05) is 10.0 Å². The standard InChI is InChI=1S/C16H16BrF2N/c1-9-4-5-13(17)11(6-9)16(20-3)12-8-14(18)10(2)7-15(12)19/h4-8,16,20H,1-3H3. The minimum atomic E-state index is -0.406. The van der Waals surface area contributed by atoms with E-state index in [9.17, 15) is 8.78 Å². The molecule has 1 N–H and O–H groups in total. The minimum Gasteiger partial charge on any atom is -0.309 e. The third kappa shape index (κ3) is 2.91. The third-order valence-corrected chi connectivity index (χ3v) is 4.06. The molecule has 0 heterocycles. The van der Waals surface area contributed by atoms with Gasteiger partial charge in [0.1, 0.15) is 11.6 Å². The van der Waals surface area contributed by atoms with Crippen LogP contribution < -0.4 is 5.32 Å². The van der Waals surface area contributed by atoms with E-state index >= 15 is 0 Å². The fraction of sp³-hybridized carbons (Fsp3) is 0.250. The van der Waals surface area contributed by atoms with Crippen molar-refractivity contribution in [2.75, 3.05) is 7.05 Å². The molecule has 2 aromatic rings. The highest BCUT2D eigenvalue weighted by Gasteiger charge is 2.20. The molecule has 0 saturated heterocycles. The first-order chi connectivity index (χ1) is 9.43. The highest BCUT2D eigenvalue weighted by Crippen LogP contribution is 2.31. The van der Waals surface area contributed by atoms with Gasteiger partial charge in [-0.1, -0.05) is 33.6 Å². The molecule has 0 aliphatic heterocycles. The van der Waals surface area contributed by atoms with E-state index in [1.807, 2.05) is 25.1 Å². The van der Waals surface area contributed by atoms with Crippen LogP contribution in [-0.4, -0.2) is 7.05 Å². The lowest BCUT2D eigenvalue weighted by molar-refractivity contribution is 0.553. The summed E-state index contributed by atoms with van der Waals surface area (Å²) in [6.07, 6.45) is 0. The van der Waals surface area contributed by atoms with Gasteiger partial charge in [-0.15, -0.1) is 0 Å². The Kier molecular flexibility index (Phi) is 4.55. The van der Waals surface area contributed by atoms with Gasteiger partial charge in [0.2, 0.25) is 0 Å². The topological polar surface area (TPSA) is 12.0 Å². The van der Waals surface area contributed by atoms with E-state index in [1.54, 1.807) is 14.0 Å². The van der Waals surface area contributed by atoms with Gasteiger partial charge in [-0.05, 0) is 50.2 Å². The van der Waals surface area contributed by atoms with Crippen molar-refractivity contribution in [1.29, 1.82) is 0 Å². The van der Waals surface area contributed by atoms with Gasteiger partial charge in [-0.25, -0.2) is 8.78 Å². The maximum atomic E-state index is 14.2. The molecular weight excluding hydrogens is 324 g/mol. The summed E-state index contributed by atoms with van der Waals surface area (Å²) in [6.45, 7) is 3.52. The predicted molar refractivity (Wildman–Crippen MR) is 80.9 cm³/mol. The van der Waals surface area contributed by atoms with Gasteiger partial charge in [-0.3, -0.25) is 0 Å². The molecule has 4 heteroatoms. The lowest BCUT2D eigenvalue weighted by Gasteiger charge is -2.20. The molecule has 106 valence electrons. The zero-order valence-electron chi connectivity index (χ0n) is 11.6. The van der Waals surface area contributed by atoms with E-state index in [-0.39, 0.29) is 0 Å². The Labute approximate surface area is 126 Å². The van der Waals surface area contributed by atoms with Gasteiger partial charge in [0.25, 0.3) is 0 Å². The van der Waals surface area contributed by atoms with Crippen LogP contribution in [0.5, 0.6) is 0 Å². The average molecular weight is 340 g/mol. The molecule has 2 aromatic carbocycles. The molecule has 1 unspecified atom stereocenters. The molecule has 0 bridgehead atoms. The molecule has 1 nitrogen and oxygen atoms in total. The molecule has 0 saturated carbocycles. The second kappa shape index (κ2) is 6.02. The zero-order valence-corrected chi connectivity index (χ0v) is 13.2. The van der Waals surface area contributed by atoms with Gasteiger partial charge in [0.05, 0.1) is 6.04 Å². The number of aryl methyl sites for hydroxylation is 2. The molecule has 0 radical (unpaired) electrons. The summed E-state index contributed by atoms with van der Waals surface area (Å²) in [4.78, 5) is 0. The summed E-state index contributed by atoms with van der Waals surface area (Å²) in [7, 11) is 1.73. The third-order valence-electron chi connectivity index (χ3n) is 3.34.